The van der Waals surface area contributed by atoms with E-state index in [0.29, 0.717) is 12.4 Å². The first kappa shape index (κ1) is 14.0. The molecule has 6 heteroatoms. The lowest BCUT2D eigenvalue weighted by molar-refractivity contribution is 0.400. The van der Waals surface area contributed by atoms with Gasteiger partial charge in [0.2, 0.25) is 5.88 Å². The number of hydrogen-bond acceptors (Lipinski definition) is 5. The van der Waals surface area contributed by atoms with Crippen molar-refractivity contribution in [3.05, 3.63) is 33.6 Å². The van der Waals surface area contributed by atoms with E-state index in [1.165, 1.54) is 4.88 Å². The molecule has 1 N–H and O–H groups in total. The highest BCUT2D eigenvalue weighted by atomic mass is 35.5. The van der Waals surface area contributed by atoms with Gasteiger partial charge >= 0.3 is 0 Å². The minimum Gasteiger partial charge on any atom is -0.479 e. The average Bonchev–Trinajstić information content (AvgIpc) is 2.81. The maximum Gasteiger partial charge on any atom is 0.239 e. The molecular weight excluding hydrogens is 282 g/mol. The van der Waals surface area contributed by atoms with Crippen molar-refractivity contribution in [2.45, 2.75) is 6.54 Å². The maximum absolute atomic E-state index is 5.93. The Morgan fingerprint density at radius 1 is 1.37 bits per heavy atom. The number of rotatable bonds is 5. The maximum atomic E-state index is 5.93. The number of nitrogens with zero attached hydrogens (tertiary/aromatic N) is 2. The Kier molecular flexibility index (Phi) is 4.50. The fraction of sp³-hybridized carbons (Fsp3) is 0.308. The number of nitrogens with one attached hydrogen (secondary N) is 1. The van der Waals surface area contributed by atoms with E-state index >= 15 is 0 Å². The van der Waals surface area contributed by atoms with Crippen molar-refractivity contribution in [3.8, 4) is 5.88 Å². The van der Waals surface area contributed by atoms with Crippen LogP contribution in [-0.2, 0) is 6.54 Å². The van der Waals surface area contributed by atoms with Crippen LogP contribution in [0.2, 0.25) is 4.34 Å². The van der Waals surface area contributed by atoms with Crippen LogP contribution in [0.25, 0.3) is 0 Å². The number of pyridine rings is 1. The zero-order chi connectivity index (χ0) is 13.8. The number of methoxy groups -OCH3 is 1. The van der Waals surface area contributed by atoms with Gasteiger partial charge in [0.15, 0.2) is 0 Å². The molecule has 2 aromatic rings. The molecule has 0 aliphatic carbocycles. The highest BCUT2D eigenvalue weighted by molar-refractivity contribution is 7.16. The van der Waals surface area contributed by atoms with Gasteiger partial charge in [0.25, 0.3) is 0 Å². The molecule has 0 aromatic carbocycles. The Labute approximate surface area is 122 Å². The SMILES string of the molecule is COc1nccc(N(C)C)c1NCc1ccc(Cl)s1. The van der Waals surface area contributed by atoms with Crippen molar-refractivity contribution in [1.29, 1.82) is 0 Å². The van der Waals surface area contributed by atoms with Crippen molar-refractivity contribution < 1.29 is 4.74 Å². The third-order valence-electron chi connectivity index (χ3n) is 2.64. The molecular formula is C13H16ClN3OS. The standard InChI is InChI=1S/C13H16ClN3OS/c1-17(2)10-6-7-15-13(18-3)12(10)16-8-9-4-5-11(14)19-9/h4-7,16H,8H2,1-3H3. The van der Waals surface area contributed by atoms with Crippen LogP contribution < -0.4 is 15.0 Å². The summed E-state index contributed by atoms with van der Waals surface area (Å²) in [5.41, 5.74) is 1.93. The Morgan fingerprint density at radius 3 is 2.74 bits per heavy atom. The van der Waals surface area contributed by atoms with Crippen LogP contribution in [0.1, 0.15) is 4.88 Å². The van der Waals surface area contributed by atoms with Gasteiger partial charge < -0.3 is 15.0 Å². The van der Waals surface area contributed by atoms with E-state index in [0.717, 1.165) is 15.7 Å². The normalized spacial score (nSPS) is 10.3. The molecule has 0 aliphatic heterocycles. The van der Waals surface area contributed by atoms with Gasteiger partial charge in [-0.3, -0.25) is 0 Å². The van der Waals surface area contributed by atoms with Crippen molar-refractivity contribution in [2.75, 3.05) is 31.4 Å². The number of hydrogen-bond donors (Lipinski definition) is 1. The molecule has 0 fully saturated rings. The molecule has 2 aromatic heterocycles. The third kappa shape index (κ3) is 3.30. The summed E-state index contributed by atoms with van der Waals surface area (Å²) >= 11 is 7.49. The number of ether oxygens (including phenoxy) is 1. The first-order valence-corrected chi connectivity index (χ1v) is 6.99. The Bertz CT molecular complexity index is 557. The zero-order valence-electron chi connectivity index (χ0n) is 11.1. The fourth-order valence-electron chi connectivity index (χ4n) is 1.75. The van der Waals surface area contributed by atoms with E-state index in [2.05, 4.69) is 10.3 Å². The molecule has 4 nitrogen and oxygen atoms in total. The lowest BCUT2D eigenvalue weighted by Crippen LogP contribution is -2.13. The van der Waals surface area contributed by atoms with E-state index < -0.39 is 0 Å². The minimum atomic E-state index is 0.592. The van der Waals surface area contributed by atoms with Gasteiger partial charge in [0.1, 0.15) is 5.69 Å². The second kappa shape index (κ2) is 6.12. The van der Waals surface area contributed by atoms with Crippen LogP contribution in [-0.4, -0.2) is 26.2 Å². The van der Waals surface area contributed by atoms with Crippen molar-refractivity contribution in [2.24, 2.45) is 0 Å². The smallest absolute Gasteiger partial charge is 0.239 e. The predicted octanol–water partition coefficient (Wildman–Crippen LogP) is 3.48. The summed E-state index contributed by atoms with van der Waals surface area (Å²) in [6.45, 7) is 0.695. The molecule has 19 heavy (non-hydrogen) atoms. The number of halogens is 1. The molecule has 0 radical (unpaired) electrons. The zero-order valence-corrected chi connectivity index (χ0v) is 12.7. The second-order valence-electron chi connectivity index (χ2n) is 4.17. The molecule has 102 valence electrons. The van der Waals surface area contributed by atoms with Crippen molar-refractivity contribution in [1.82, 2.24) is 4.98 Å². The summed E-state index contributed by atoms with van der Waals surface area (Å²) < 4.78 is 6.10. The molecule has 0 saturated heterocycles. The van der Waals surface area contributed by atoms with Gasteiger partial charge in [-0.2, -0.15) is 0 Å². The topological polar surface area (TPSA) is 37.4 Å². The van der Waals surface area contributed by atoms with E-state index in [9.17, 15) is 0 Å². The molecule has 0 amide bonds. The van der Waals surface area contributed by atoms with Crippen LogP contribution in [0.4, 0.5) is 11.4 Å². The fourth-order valence-corrected chi connectivity index (χ4v) is 2.78. The third-order valence-corrected chi connectivity index (χ3v) is 3.87. The summed E-state index contributed by atoms with van der Waals surface area (Å²) in [7, 11) is 5.60. The van der Waals surface area contributed by atoms with Crippen molar-refractivity contribution in [3.63, 3.8) is 0 Å². The van der Waals surface area contributed by atoms with E-state index in [1.54, 1.807) is 24.6 Å². The highest BCUT2D eigenvalue weighted by Crippen LogP contribution is 2.33. The molecule has 0 aliphatic rings. The predicted molar refractivity (Wildman–Crippen MR) is 81.8 cm³/mol. The first-order valence-electron chi connectivity index (χ1n) is 5.80. The summed E-state index contributed by atoms with van der Waals surface area (Å²) in [6.07, 6.45) is 1.74. The molecule has 0 atom stereocenters. The molecule has 0 saturated carbocycles. The quantitative estimate of drug-likeness (QED) is 0.917. The molecule has 0 spiro atoms. The number of thiophene rings is 1. The van der Waals surface area contributed by atoms with Crippen LogP contribution in [0.15, 0.2) is 24.4 Å². The first-order chi connectivity index (χ1) is 9.11. The largest absolute Gasteiger partial charge is 0.479 e. The number of aromatic nitrogens is 1. The summed E-state index contributed by atoms with van der Waals surface area (Å²) in [4.78, 5) is 7.41. The van der Waals surface area contributed by atoms with Crippen molar-refractivity contribution >= 4 is 34.3 Å². The lowest BCUT2D eigenvalue weighted by atomic mass is 10.3. The van der Waals surface area contributed by atoms with Gasteiger partial charge in [0, 0.05) is 31.7 Å². The summed E-state index contributed by atoms with van der Waals surface area (Å²) in [5, 5.41) is 3.37. The second-order valence-corrected chi connectivity index (χ2v) is 5.97. The Balaban J connectivity index is 2.22. The Morgan fingerprint density at radius 2 is 2.16 bits per heavy atom. The van der Waals surface area contributed by atoms with E-state index in [1.807, 2.05) is 37.2 Å². The van der Waals surface area contributed by atoms with Crippen LogP contribution in [0, 0.1) is 0 Å². The van der Waals surface area contributed by atoms with Crippen LogP contribution in [0.5, 0.6) is 5.88 Å². The Hall–Kier alpha value is -1.46. The van der Waals surface area contributed by atoms with Gasteiger partial charge in [-0.1, -0.05) is 11.6 Å². The minimum absolute atomic E-state index is 0.592. The lowest BCUT2D eigenvalue weighted by Gasteiger charge is -2.19. The molecule has 2 rings (SSSR count). The monoisotopic (exact) mass is 297 g/mol. The summed E-state index contributed by atoms with van der Waals surface area (Å²) in [6, 6.07) is 5.86. The molecule has 0 bridgehead atoms. The summed E-state index contributed by atoms with van der Waals surface area (Å²) in [5.74, 6) is 0.592. The van der Waals surface area contributed by atoms with Crippen LogP contribution >= 0.6 is 22.9 Å². The van der Waals surface area contributed by atoms with Gasteiger partial charge in [-0.05, 0) is 18.2 Å². The van der Waals surface area contributed by atoms with Gasteiger partial charge in [-0.15, -0.1) is 11.3 Å². The van der Waals surface area contributed by atoms with E-state index in [4.69, 9.17) is 16.3 Å². The van der Waals surface area contributed by atoms with Crippen LogP contribution in [0.3, 0.4) is 0 Å². The van der Waals surface area contributed by atoms with Gasteiger partial charge in [0.05, 0.1) is 17.1 Å². The highest BCUT2D eigenvalue weighted by Gasteiger charge is 2.12. The van der Waals surface area contributed by atoms with Gasteiger partial charge in [-0.25, -0.2) is 4.98 Å². The molecule has 0 unspecified atom stereocenters. The van der Waals surface area contributed by atoms with E-state index in [-0.39, 0.29) is 0 Å². The average molecular weight is 298 g/mol. The number of anilines is 2. The molecule has 2 heterocycles.